The quantitative estimate of drug-likeness (QED) is 0.716. The predicted octanol–water partition coefficient (Wildman–Crippen LogP) is 2.45. The second-order valence-corrected chi connectivity index (χ2v) is 7.91. The van der Waals surface area contributed by atoms with Gasteiger partial charge in [-0.2, -0.15) is 4.31 Å². The maximum absolute atomic E-state index is 12.6. The summed E-state index contributed by atoms with van der Waals surface area (Å²) in [4.78, 5) is 24.3. The van der Waals surface area contributed by atoms with Crippen LogP contribution in [0.4, 0.5) is 0 Å². The summed E-state index contributed by atoms with van der Waals surface area (Å²) in [6.07, 6.45) is 0. The van der Waals surface area contributed by atoms with Crippen molar-refractivity contribution in [2.24, 2.45) is 0 Å². The van der Waals surface area contributed by atoms with Crippen molar-refractivity contribution in [2.45, 2.75) is 18.7 Å². The van der Waals surface area contributed by atoms with Gasteiger partial charge >= 0.3 is 0 Å². The number of hydrogen-bond donors (Lipinski definition) is 2. The van der Waals surface area contributed by atoms with Crippen molar-refractivity contribution in [3.05, 3.63) is 64.7 Å². The van der Waals surface area contributed by atoms with Gasteiger partial charge in [-0.25, -0.2) is 8.42 Å². The number of benzene rings is 2. The average molecular weight is 410 g/mol. The second-order valence-electron chi connectivity index (χ2n) is 5.53. The summed E-state index contributed by atoms with van der Waals surface area (Å²) >= 11 is 5.76. The highest BCUT2D eigenvalue weighted by Gasteiger charge is 2.22. The van der Waals surface area contributed by atoms with Crippen LogP contribution in [0, 0.1) is 0 Å². The number of sulfonamides is 1. The summed E-state index contributed by atoms with van der Waals surface area (Å²) in [5.74, 6) is -1.15. The summed E-state index contributed by atoms with van der Waals surface area (Å²) in [6.45, 7) is 4.13. The normalized spacial score (nSPS) is 11.3. The maximum Gasteiger partial charge on any atom is 0.269 e. The van der Waals surface area contributed by atoms with E-state index in [0.717, 1.165) is 0 Å². The van der Waals surface area contributed by atoms with Crippen LogP contribution in [0.2, 0.25) is 5.02 Å². The predicted molar refractivity (Wildman–Crippen MR) is 103 cm³/mol. The molecule has 0 radical (unpaired) electrons. The summed E-state index contributed by atoms with van der Waals surface area (Å²) in [7, 11) is -3.68. The lowest BCUT2D eigenvalue weighted by Gasteiger charge is -2.18. The lowest BCUT2D eigenvalue weighted by molar-refractivity contribution is 0.0846. The number of carbonyl (C=O) groups is 2. The van der Waals surface area contributed by atoms with Gasteiger partial charge in [0.15, 0.2) is 0 Å². The Bertz CT molecular complexity index is 926. The van der Waals surface area contributed by atoms with Crippen LogP contribution in [0.15, 0.2) is 53.4 Å². The Morgan fingerprint density at radius 3 is 2.04 bits per heavy atom. The molecular weight excluding hydrogens is 390 g/mol. The van der Waals surface area contributed by atoms with Gasteiger partial charge in [0.05, 0.1) is 4.90 Å². The van der Waals surface area contributed by atoms with Crippen LogP contribution in [0.25, 0.3) is 0 Å². The van der Waals surface area contributed by atoms with Crippen molar-refractivity contribution in [2.75, 3.05) is 13.1 Å². The smallest absolute Gasteiger partial charge is 0.267 e. The monoisotopic (exact) mass is 409 g/mol. The molecule has 0 aromatic heterocycles. The summed E-state index contributed by atoms with van der Waals surface area (Å²) < 4.78 is 26.4. The Labute approximate surface area is 163 Å². The Kier molecular flexibility index (Phi) is 6.95. The van der Waals surface area contributed by atoms with E-state index in [9.17, 15) is 18.0 Å². The number of hydrazine groups is 1. The molecule has 2 aromatic carbocycles. The van der Waals surface area contributed by atoms with Crippen LogP contribution in [0.5, 0.6) is 0 Å². The second kappa shape index (κ2) is 8.98. The van der Waals surface area contributed by atoms with Gasteiger partial charge in [0.25, 0.3) is 11.8 Å². The highest BCUT2D eigenvalue weighted by molar-refractivity contribution is 7.89. The zero-order valence-corrected chi connectivity index (χ0v) is 16.5. The molecule has 2 rings (SSSR count). The van der Waals surface area contributed by atoms with E-state index in [2.05, 4.69) is 10.9 Å². The molecule has 2 N–H and O–H groups in total. The number of hydrogen-bond acceptors (Lipinski definition) is 4. The molecular formula is C18H20ClN3O4S. The van der Waals surface area contributed by atoms with Crippen LogP contribution < -0.4 is 10.9 Å². The van der Waals surface area contributed by atoms with Crippen LogP contribution in [0.3, 0.4) is 0 Å². The van der Waals surface area contributed by atoms with Gasteiger partial charge in [-0.3, -0.25) is 20.4 Å². The van der Waals surface area contributed by atoms with Gasteiger partial charge in [0, 0.05) is 29.2 Å². The molecule has 9 heteroatoms. The third kappa shape index (κ3) is 5.06. The lowest BCUT2D eigenvalue weighted by atomic mass is 10.2. The summed E-state index contributed by atoms with van der Waals surface area (Å²) in [5, 5.41) is 0.488. The third-order valence-electron chi connectivity index (χ3n) is 3.84. The first kappa shape index (κ1) is 20.9. The number of nitrogens with one attached hydrogen (secondary N) is 2. The molecule has 0 fully saturated rings. The fourth-order valence-electron chi connectivity index (χ4n) is 2.37. The molecule has 2 amide bonds. The molecule has 2 aromatic rings. The molecule has 0 unspecified atom stereocenters. The van der Waals surface area contributed by atoms with E-state index < -0.39 is 21.8 Å². The molecule has 0 spiro atoms. The molecule has 27 heavy (non-hydrogen) atoms. The fraction of sp³-hybridized carbons (Fsp3) is 0.222. The zero-order chi connectivity index (χ0) is 20.0. The van der Waals surface area contributed by atoms with E-state index in [-0.39, 0.29) is 10.5 Å². The molecule has 0 aliphatic carbocycles. The fourth-order valence-corrected chi connectivity index (χ4v) is 4.00. The topological polar surface area (TPSA) is 95.6 Å². The van der Waals surface area contributed by atoms with Crippen molar-refractivity contribution in [1.29, 1.82) is 0 Å². The molecule has 0 saturated heterocycles. The Morgan fingerprint density at radius 2 is 1.48 bits per heavy atom. The van der Waals surface area contributed by atoms with E-state index in [1.165, 1.54) is 40.7 Å². The minimum Gasteiger partial charge on any atom is -0.267 e. The average Bonchev–Trinajstić information content (AvgIpc) is 2.67. The van der Waals surface area contributed by atoms with E-state index >= 15 is 0 Å². The van der Waals surface area contributed by atoms with Crippen molar-refractivity contribution in [1.82, 2.24) is 15.2 Å². The van der Waals surface area contributed by atoms with Crippen molar-refractivity contribution in [3.63, 3.8) is 0 Å². The van der Waals surface area contributed by atoms with Crippen LogP contribution in [-0.4, -0.2) is 37.6 Å². The van der Waals surface area contributed by atoms with E-state index in [1.54, 1.807) is 26.0 Å². The number of rotatable bonds is 6. The zero-order valence-electron chi connectivity index (χ0n) is 14.9. The van der Waals surface area contributed by atoms with E-state index in [4.69, 9.17) is 11.6 Å². The molecule has 0 aliphatic rings. The van der Waals surface area contributed by atoms with Gasteiger partial charge in [-0.05, 0) is 42.5 Å². The Morgan fingerprint density at radius 1 is 0.926 bits per heavy atom. The van der Waals surface area contributed by atoms with E-state index in [1.807, 2.05) is 0 Å². The molecule has 144 valence electrons. The van der Waals surface area contributed by atoms with Crippen LogP contribution in [0.1, 0.15) is 34.6 Å². The first-order valence-corrected chi connectivity index (χ1v) is 10.1. The molecule has 0 aliphatic heterocycles. The van der Waals surface area contributed by atoms with Crippen LogP contribution >= 0.6 is 11.6 Å². The summed E-state index contributed by atoms with van der Waals surface area (Å²) in [5.41, 5.74) is 4.97. The third-order valence-corrected chi connectivity index (χ3v) is 6.13. The van der Waals surface area contributed by atoms with Gasteiger partial charge in [-0.1, -0.05) is 31.5 Å². The minimum atomic E-state index is -3.68. The van der Waals surface area contributed by atoms with Gasteiger partial charge in [-0.15, -0.1) is 0 Å². The highest BCUT2D eigenvalue weighted by atomic mass is 35.5. The molecule has 0 atom stereocenters. The van der Waals surface area contributed by atoms with Gasteiger partial charge < -0.3 is 0 Å². The van der Waals surface area contributed by atoms with Crippen molar-refractivity contribution >= 4 is 33.4 Å². The summed E-state index contributed by atoms with van der Waals surface area (Å²) in [6, 6.07) is 11.8. The maximum atomic E-state index is 12.6. The molecule has 0 bridgehead atoms. The first-order valence-electron chi connectivity index (χ1n) is 8.26. The number of nitrogens with zero attached hydrogens (tertiary/aromatic N) is 1. The molecule has 0 heterocycles. The lowest BCUT2D eigenvalue weighted by Crippen LogP contribution is -2.41. The van der Waals surface area contributed by atoms with Gasteiger partial charge in [0.1, 0.15) is 0 Å². The largest absolute Gasteiger partial charge is 0.269 e. The van der Waals surface area contributed by atoms with Crippen molar-refractivity contribution in [3.8, 4) is 0 Å². The molecule has 0 saturated carbocycles. The first-order chi connectivity index (χ1) is 12.8. The number of carbonyl (C=O) groups excluding carboxylic acids is 2. The Balaban J connectivity index is 2.11. The number of halogens is 1. The number of amides is 2. The standard InChI is InChI=1S/C18H20ClN3O4S/c1-3-22(4-2)27(25,26)16-7-5-6-14(12-16)18(24)21-20-17(23)13-8-10-15(19)11-9-13/h5-12H,3-4H2,1-2H3,(H,20,23)(H,21,24). The van der Waals surface area contributed by atoms with E-state index in [0.29, 0.717) is 23.7 Å². The van der Waals surface area contributed by atoms with Gasteiger partial charge in [0.2, 0.25) is 10.0 Å². The minimum absolute atomic E-state index is 0.0166. The molecule has 7 nitrogen and oxygen atoms in total. The van der Waals surface area contributed by atoms with Crippen molar-refractivity contribution < 1.29 is 18.0 Å². The SMILES string of the molecule is CCN(CC)S(=O)(=O)c1cccc(C(=O)NNC(=O)c2ccc(Cl)cc2)c1. The van der Waals surface area contributed by atoms with Crippen LogP contribution in [-0.2, 0) is 10.0 Å². The Hall–Kier alpha value is -2.42. The highest BCUT2D eigenvalue weighted by Crippen LogP contribution is 2.17.